The van der Waals surface area contributed by atoms with E-state index in [4.69, 9.17) is 10.7 Å². The van der Waals surface area contributed by atoms with Crippen LogP contribution in [-0.4, -0.2) is 37.5 Å². The SMILES string of the molecule is COCC(F)(F)c1ccc([C@@H]2C(=O)N(C)C(=N)N[C@]2(C)c2ccc(C#N)s2)cc1. The van der Waals surface area contributed by atoms with E-state index in [0.717, 1.165) is 0 Å². The maximum Gasteiger partial charge on any atom is 0.296 e. The lowest BCUT2D eigenvalue weighted by atomic mass is 9.76. The van der Waals surface area contributed by atoms with Gasteiger partial charge in [-0.05, 0) is 24.6 Å². The van der Waals surface area contributed by atoms with Gasteiger partial charge in [-0.25, -0.2) is 0 Å². The summed E-state index contributed by atoms with van der Waals surface area (Å²) in [6.07, 6.45) is 0. The van der Waals surface area contributed by atoms with E-state index in [1.165, 1.54) is 54.7 Å². The van der Waals surface area contributed by atoms with E-state index in [2.05, 4.69) is 16.1 Å². The number of likely N-dealkylation sites (N-methyl/N-ethyl adjacent to an activating group) is 1. The third-order valence-corrected chi connectivity index (χ3v) is 6.32. The number of ether oxygens (including phenoxy) is 1. The van der Waals surface area contributed by atoms with E-state index in [1.54, 1.807) is 19.1 Å². The molecule has 2 N–H and O–H groups in total. The highest BCUT2D eigenvalue weighted by atomic mass is 32.1. The van der Waals surface area contributed by atoms with Crippen LogP contribution < -0.4 is 5.32 Å². The van der Waals surface area contributed by atoms with E-state index in [-0.39, 0.29) is 17.4 Å². The fourth-order valence-corrected chi connectivity index (χ4v) is 4.43. The van der Waals surface area contributed by atoms with Crippen LogP contribution in [0.3, 0.4) is 0 Å². The number of amides is 1. The first-order valence-corrected chi connectivity index (χ1v) is 9.57. The van der Waals surface area contributed by atoms with Gasteiger partial charge in [-0.1, -0.05) is 24.3 Å². The molecule has 9 heteroatoms. The summed E-state index contributed by atoms with van der Waals surface area (Å²) in [6.45, 7) is 1.04. The number of nitrogens with one attached hydrogen (secondary N) is 2. The molecule has 1 fully saturated rings. The zero-order chi connectivity index (χ0) is 21.4. The van der Waals surface area contributed by atoms with Gasteiger partial charge < -0.3 is 10.1 Å². The molecule has 1 aromatic heterocycles. The van der Waals surface area contributed by atoms with Gasteiger partial charge in [0.05, 0.1) is 11.5 Å². The average molecular weight is 418 g/mol. The van der Waals surface area contributed by atoms with Gasteiger partial charge in [0.25, 0.3) is 5.92 Å². The molecule has 0 unspecified atom stereocenters. The second-order valence-corrected chi connectivity index (χ2v) is 8.13. The number of halogens is 2. The fraction of sp³-hybridized carbons (Fsp3) is 0.350. The number of alkyl halides is 2. The Balaban J connectivity index is 2.06. The van der Waals surface area contributed by atoms with Crippen molar-refractivity contribution in [3.8, 4) is 6.07 Å². The number of carbonyl (C=O) groups is 1. The standard InChI is InChI=1S/C20H20F2N4O2S/c1-19(15-9-8-14(10-23)29-15)16(17(27)26(2)18(24)25-19)12-4-6-13(7-5-12)20(21,22)11-28-3/h4-9,16H,11H2,1-3H3,(H2,24,25)/t16-,19-/m1/s1. The van der Waals surface area contributed by atoms with Crippen LogP contribution in [0.2, 0.25) is 0 Å². The van der Waals surface area contributed by atoms with Crippen LogP contribution >= 0.6 is 11.3 Å². The highest BCUT2D eigenvalue weighted by Gasteiger charge is 2.49. The summed E-state index contributed by atoms with van der Waals surface area (Å²) in [5.74, 6) is -4.31. The van der Waals surface area contributed by atoms with E-state index in [1.807, 2.05) is 0 Å². The molecule has 0 spiro atoms. The fourth-order valence-electron chi connectivity index (χ4n) is 3.49. The Morgan fingerprint density at radius 3 is 2.55 bits per heavy atom. The van der Waals surface area contributed by atoms with Gasteiger partial charge in [0.1, 0.15) is 17.6 Å². The first-order chi connectivity index (χ1) is 13.6. The summed E-state index contributed by atoms with van der Waals surface area (Å²) < 4.78 is 32.8. The Hall–Kier alpha value is -2.83. The van der Waals surface area contributed by atoms with Gasteiger partial charge >= 0.3 is 0 Å². The third kappa shape index (κ3) is 3.61. The molecule has 1 amide bonds. The summed E-state index contributed by atoms with van der Waals surface area (Å²) in [4.78, 5) is 15.5. The molecule has 0 bridgehead atoms. The molecule has 2 atom stereocenters. The average Bonchev–Trinajstić information content (AvgIpc) is 3.17. The minimum Gasteiger partial charge on any atom is -0.378 e. The maximum absolute atomic E-state index is 14.1. The molecule has 2 aromatic rings. The van der Waals surface area contributed by atoms with Gasteiger partial charge in [0, 0.05) is 24.6 Å². The molecular weight excluding hydrogens is 398 g/mol. The Bertz CT molecular complexity index is 983. The Kier molecular flexibility index (Phi) is 5.43. The van der Waals surface area contributed by atoms with Gasteiger partial charge in [-0.15, -0.1) is 11.3 Å². The third-order valence-electron chi connectivity index (χ3n) is 5.09. The lowest BCUT2D eigenvalue weighted by molar-refractivity contribution is -0.131. The molecule has 0 saturated carbocycles. The number of guanidine groups is 1. The van der Waals surface area contributed by atoms with Crippen molar-refractivity contribution in [2.45, 2.75) is 24.3 Å². The van der Waals surface area contributed by atoms with Crippen molar-refractivity contribution >= 4 is 23.2 Å². The summed E-state index contributed by atoms with van der Waals surface area (Å²) in [5.41, 5.74) is -0.671. The minimum atomic E-state index is -3.14. The van der Waals surface area contributed by atoms with Crippen LogP contribution in [0.4, 0.5) is 8.78 Å². The number of hydrogen-bond donors (Lipinski definition) is 2. The molecule has 6 nitrogen and oxygen atoms in total. The van der Waals surface area contributed by atoms with E-state index in [0.29, 0.717) is 15.3 Å². The molecule has 1 aromatic carbocycles. The number of nitriles is 1. The molecule has 1 aliphatic rings. The Morgan fingerprint density at radius 1 is 1.34 bits per heavy atom. The number of benzene rings is 1. The van der Waals surface area contributed by atoms with Crippen molar-refractivity contribution < 1.29 is 18.3 Å². The van der Waals surface area contributed by atoms with Gasteiger partial charge in [-0.3, -0.25) is 15.1 Å². The predicted molar refractivity (Wildman–Crippen MR) is 105 cm³/mol. The molecule has 0 aliphatic carbocycles. The van der Waals surface area contributed by atoms with Crippen LogP contribution in [-0.2, 0) is 21.0 Å². The van der Waals surface area contributed by atoms with Gasteiger partial charge in [0.2, 0.25) is 5.91 Å². The number of thiophene rings is 1. The number of nitrogens with zero attached hydrogens (tertiary/aromatic N) is 2. The summed E-state index contributed by atoms with van der Waals surface area (Å²) in [6, 6.07) is 11.1. The molecular formula is C20H20F2N4O2S. The smallest absolute Gasteiger partial charge is 0.296 e. The second kappa shape index (κ2) is 7.54. The molecule has 29 heavy (non-hydrogen) atoms. The lowest BCUT2D eigenvalue weighted by Crippen LogP contribution is -2.62. The van der Waals surface area contributed by atoms with Crippen molar-refractivity contribution in [3.63, 3.8) is 0 Å². The first-order valence-electron chi connectivity index (χ1n) is 8.76. The normalized spacial score (nSPS) is 22.3. The zero-order valence-electron chi connectivity index (χ0n) is 16.1. The maximum atomic E-state index is 14.1. The van der Waals surface area contributed by atoms with Gasteiger partial charge in [0.15, 0.2) is 5.96 Å². The van der Waals surface area contributed by atoms with Crippen molar-refractivity contribution in [1.82, 2.24) is 10.2 Å². The minimum absolute atomic E-state index is 0.0658. The van der Waals surface area contributed by atoms with Crippen LogP contribution in [0.5, 0.6) is 0 Å². The largest absolute Gasteiger partial charge is 0.378 e. The Morgan fingerprint density at radius 2 is 2.00 bits per heavy atom. The zero-order valence-corrected chi connectivity index (χ0v) is 16.9. The van der Waals surface area contributed by atoms with Crippen molar-refractivity contribution in [2.75, 3.05) is 20.8 Å². The van der Waals surface area contributed by atoms with Crippen molar-refractivity contribution in [2.24, 2.45) is 0 Å². The monoisotopic (exact) mass is 418 g/mol. The van der Waals surface area contributed by atoms with Crippen molar-refractivity contribution in [1.29, 1.82) is 10.7 Å². The number of rotatable bonds is 5. The van der Waals surface area contributed by atoms with E-state index >= 15 is 0 Å². The van der Waals surface area contributed by atoms with Crippen LogP contribution in [0.25, 0.3) is 0 Å². The van der Waals surface area contributed by atoms with Gasteiger partial charge in [-0.2, -0.15) is 14.0 Å². The molecule has 2 heterocycles. The second-order valence-electron chi connectivity index (χ2n) is 7.04. The Labute approximate surface area is 171 Å². The predicted octanol–water partition coefficient (Wildman–Crippen LogP) is 3.35. The summed E-state index contributed by atoms with van der Waals surface area (Å²) >= 11 is 1.23. The number of carbonyl (C=O) groups excluding carboxylic acids is 1. The first kappa shape index (κ1) is 20.9. The summed E-state index contributed by atoms with van der Waals surface area (Å²) in [5, 5.41) is 20.3. The quantitative estimate of drug-likeness (QED) is 0.779. The van der Waals surface area contributed by atoms with Crippen LogP contribution in [0, 0.1) is 16.7 Å². The highest BCUT2D eigenvalue weighted by molar-refractivity contribution is 7.12. The summed E-state index contributed by atoms with van der Waals surface area (Å²) in [7, 11) is 2.70. The van der Waals surface area contributed by atoms with E-state index in [9.17, 15) is 13.6 Å². The molecule has 152 valence electrons. The van der Waals surface area contributed by atoms with Crippen LogP contribution in [0.15, 0.2) is 36.4 Å². The molecule has 3 rings (SSSR count). The topological polar surface area (TPSA) is 89.2 Å². The lowest BCUT2D eigenvalue weighted by Gasteiger charge is -2.45. The van der Waals surface area contributed by atoms with Crippen molar-refractivity contribution in [3.05, 3.63) is 57.3 Å². The molecule has 1 saturated heterocycles. The molecule has 0 radical (unpaired) electrons. The number of hydrogen-bond acceptors (Lipinski definition) is 5. The number of methoxy groups -OCH3 is 1. The molecule has 1 aliphatic heterocycles. The van der Waals surface area contributed by atoms with E-state index < -0.39 is 24.0 Å². The van der Waals surface area contributed by atoms with Crippen LogP contribution in [0.1, 0.15) is 33.7 Å². The highest BCUT2D eigenvalue weighted by Crippen LogP contribution is 2.43.